The lowest BCUT2D eigenvalue weighted by molar-refractivity contribution is 0.0844. The van der Waals surface area contributed by atoms with Gasteiger partial charge in [-0.3, -0.25) is 4.68 Å². The first-order chi connectivity index (χ1) is 9.49. The van der Waals surface area contributed by atoms with E-state index >= 15 is 0 Å². The number of nitrogens with one attached hydrogen (secondary N) is 1. The number of hydrogen-bond acceptors (Lipinski definition) is 4. The molecule has 0 saturated heterocycles. The van der Waals surface area contributed by atoms with Crippen molar-refractivity contribution in [2.24, 2.45) is 7.05 Å². The molecule has 0 aromatic carbocycles. The molecule has 5 heteroatoms. The van der Waals surface area contributed by atoms with Crippen LogP contribution in [0.25, 0.3) is 0 Å². The third-order valence-corrected chi connectivity index (χ3v) is 3.70. The van der Waals surface area contributed by atoms with E-state index in [4.69, 9.17) is 4.74 Å². The molecule has 1 heterocycles. The lowest BCUT2D eigenvalue weighted by Gasteiger charge is -2.22. The Morgan fingerprint density at radius 3 is 2.75 bits per heavy atom. The first-order valence-electron chi connectivity index (χ1n) is 7.57. The van der Waals surface area contributed by atoms with Crippen molar-refractivity contribution in [3.05, 3.63) is 11.3 Å². The highest BCUT2D eigenvalue weighted by Gasteiger charge is 2.23. The van der Waals surface area contributed by atoms with Gasteiger partial charge >= 0.3 is 0 Å². The first kappa shape index (κ1) is 15.3. The van der Waals surface area contributed by atoms with Gasteiger partial charge in [-0.25, -0.2) is 0 Å². The maximum absolute atomic E-state index is 5.64. The third kappa shape index (κ3) is 3.96. The predicted octanol–water partition coefficient (Wildman–Crippen LogP) is 1.84. The zero-order valence-electron chi connectivity index (χ0n) is 13.4. The van der Waals surface area contributed by atoms with Crippen LogP contribution in [0.15, 0.2) is 0 Å². The average Bonchev–Trinajstić information content (AvgIpc) is 3.12. The minimum absolute atomic E-state index is 0.285. The van der Waals surface area contributed by atoms with Gasteiger partial charge in [-0.15, -0.1) is 0 Å². The molecule has 0 amide bonds. The second kappa shape index (κ2) is 6.59. The summed E-state index contributed by atoms with van der Waals surface area (Å²) < 4.78 is 7.62. The fourth-order valence-electron chi connectivity index (χ4n) is 2.44. The van der Waals surface area contributed by atoms with Crippen LogP contribution in [0.4, 0.5) is 5.82 Å². The van der Waals surface area contributed by atoms with Crippen LogP contribution >= 0.6 is 0 Å². The van der Waals surface area contributed by atoms with Crippen molar-refractivity contribution < 1.29 is 4.74 Å². The van der Waals surface area contributed by atoms with E-state index in [0.717, 1.165) is 31.4 Å². The summed E-state index contributed by atoms with van der Waals surface area (Å²) in [7, 11) is 4.13. The summed E-state index contributed by atoms with van der Waals surface area (Å²) in [6.45, 7) is 8.76. The van der Waals surface area contributed by atoms with E-state index in [0.29, 0.717) is 0 Å². The highest BCUT2D eigenvalue weighted by molar-refractivity contribution is 5.49. The summed E-state index contributed by atoms with van der Waals surface area (Å²) in [5.41, 5.74) is 2.43. The van der Waals surface area contributed by atoms with E-state index in [2.05, 4.69) is 43.1 Å². The number of ether oxygens (including phenoxy) is 1. The van der Waals surface area contributed by atoms with E-state index < -0.39 is 0 Å². The monoisotopic (exact) mass is 280 g/mol. The van der Waals surface area contributed by atoms with E-state index in [-0.39, 0.29) is 6.10 Å². The smallest absolute Gasteiger partial charge is 0.131 e. The molecule has 0 aliphatic heterocycles. The van der Waals surface area contributed by atoms with E-state index in [1.54, 1.807) is 0 Å². The van der Waals surface area contributed by atoms with Gasteiger partial charge < -0.3 is 15.0 Å². The number of nitrogens with zero attached hydrogens (tertiary/aromatic N) is 3. The third-order valence-electron chi connectivity index (χ3n) is 3.70. The molecule has 1 aromatic rings. The Morgan fingerprint density at radius 2 is 2.15 bits per heavy atom. The maximum Gasteiger partial charge on any atom is 0.131 e. The van der Waals surface area contributed by atoms with Gasteiger partial charge in [0.25, 0.3) is 0 Å². The second-order valence-corrected chi connectivity index (χ2v) is 6.01. The van der Waals surface area contributed by atoms with Crippen molar-refractivity contribution in [2.45, 2.75) is 52.3 Å². The molecule has 1 saturated carbocycles. The van der Waals surface area contributed by atoms with Crippen LogP contribution in [0.1, 0.15) is 37.9 Å². The van der Waals surface area contributed by atoms with Crippen LogP contribution in [-0.2, 0) is 18.3 Å². The molecule has 1 N–H and O–H groups in total. The zero-order chi connectivity index (χ0) is 14.7. The molecule has 0 spiro atoms. The van der Waals surface area contributed by atoms with Crippen molar-refractivity contribution in [1.29, 1.82) is 0 Å². The normalized spacial score (nSPS) is 15.1. The summed E-state index contributed by atoms with van der Waals surface area (Å²) in [5, 5.41) is 8.15. The molecular weight excluding hydrogens is 252 g/mol. The molecular formula is C15H28N4O. The molecule has 0 radical (unpaired) electrons. The number of aryl methyl sites for hydroxylation is 2. The number of aromatic nitrogens is 2. The summed E-state index contributed by atoms with van der Waals surface area (Å²) in [6, 6.07) is 0.719. The number of anilines is 1. The average molecular weight is 280 g/mol. The second-order valence-electron chi connectivity index (χ2n) is 6.01. The fourth-order valence-corrected chi connectivity index (χ4v) is 2.44. The van der Waals surface area contributed by atoms with Gasteiger partial charge in [-0.05, 0) is 33.6 Å². The van der Waals surface area contributed by atoms with Crippen LogP contribution < -0.4 is 10.2 Å². The highest BCUT2D eigenvalue weighted by Crippen LogP contribution is 2.25. The minimum atomic E-state index is 0.285. The van der Waals surface area contributed by atoms with Gasteiger partial charge in [-0.1, -0.05) is 0 Å². The molecule has 114 valence electrons. The van der Waals surface area contributed by atoms with Crippen molar-refractivity contribution in [2.75, 3.05) is 25.1 Å². The topological polar surface area (TPSA) is 42.3 Å². The quantitative estimate of drug-likeness (QED) is 0.789. The van der Waals surface area contributed by atoms with Gasteiger partial charge in [0.05, 0.1) is 18.4 Å². The Hall–Kier alpha value is -1.07. The lowest BCUT2D eigenvalue weighted by Crippen LogP contribution is -2.27. The first-order valence-corrected chi connectivity index (χ1v) is 7.57. The van der Waals surface area contributed by atoms with E-state index in [9.17, 15) is 0 Å². The number of rotatable bonds is 8. The van der Waals surface area contributed by atoms with Gasteiger partial charge in [0.15, 0.2) is 0 Å². The van der Waals surface area contributed by atoms with Crippen LogP contribution in [0.3, 0.4) is 0 Å². The molecule has 20 heavy (non-hydrogen) atoms. The fraction of sp³-hybridized carbons (Fsp3) is 0.800. The Balaban J connectivity index is 1.99. The van der Waals surface area contributed by atoms with Crippen LogP contribution in [0.2, 0.25) is 0 Å². The summed E-state index contributed by atoms with van der Waals surface area (Å²) in [6.07, 6.45) is 2.91. The van der Waals surface area contributed by atoms with Crippen LogP contribution in [-0.4, -0.2) is 42.1 Å². The molecule has 0 unspecified atom stereocenters. The maximum atomic E-state index is 5.64. The van der Waals surface area contributed by atoms with E-state index in [1.807, 2.05) is 11.7 Å². The van der Waals surface area contributed by atoms with Crippen LogP contribution in [0, 0.1) is 6.92 Å². The Bertz CT molecular complexity index is 437. The standard InChI is InChI=1S/C15H28N4O/c1-11(2)20-9-8-18(4)15-14(10-16-13-6-7-13)12(3)17-19(15)5/h11,13,16H,6-10H2,1-5H3. The molecule has 1 aliphatic rings. The van der Waals surface area contributed by atoms with Crippen molar-refractivity contribution in [1.82, 2.24) is 15.1 Å². The van der Waals surface area contributed by atoms with Gasteiger partial charge in [0.2, 0.25) is 0 Å². The lowest BCUT2D eigenvalue weighted by atomic mass is 10.2. The molecule has 1 aliphatic carbocycles. The predicted molar refractivity (Wildman–Crippen MR) is 82.2 cm³/mol. The summed E-state index contributed by atoms with van der Waals surface area (Å²) in [5.74, 6) is 1.20. The van der Waals surface area contributed by atoms with Crippen molar-refractivity contribution in [3.8, 4) is 0 Å². The number of likely N-dealkylation sites (N-methyl/N-ethyl adjacent to an activating group) is 1. The Labute approximate surface area is 122 Å². The molecule has 2 rings (SSSR count). The van der Waals surface area contributed by atoms with Crippen molar-refractivity contribution in [3.63, 3.8) is 0 Å². The van der Waals surface area contributed by atoms with E-state index in [1.165, 1.54) is 24.2 Å². The SMILES string of the molecule is Cc1nn(C)c(N(C)CCOC(C)C)c1CNC1CC1. The Kier molecular flexibility index (Phi) is 5.05. The molecule has 0 bridgehead atoms. The summed E-state index contributed by atoms with van der Waals surface area (Å²) in [4.78, 5) is 2.24. The molecule has 1 fully saturated rings. The largest absolute Gasteiger partial charge is 0.377 e. The van der Waals surface area contributed by atoms with Gasteiger partial charge in [0.1, 0.15) is 5.82 Å². The molecule has 0 atom stereocenters. The molecule has 1 aromatic heterocycles. The van der Waals surface area contributed by atoms with Crippen LogP contribution in [0.5, 0.6) is 0 Å². The Morgan fingerprint density at radius 1 is 1.45 bits per heavy atom. The molecule has 5 nitrogen and oxygen atoms in total. The minimum Gasteiger partial charge on any atom is -0.377 e. The highest BCUT2D eigenvalue weighted by atomic mass is 16.5. The van der Waals surface area contributed by atoms with Crippen molar-refractivity contribution >= 4 is 5.82 Å². The van der Waals surface area contributed by atoms with Gasteiger partial charge in [-0.2, -0.15) is 5.10 Å². The van der Waals surface area contributed by atoms with Gasteiger partial charge in [0, 0.05) is 38.8 Å². The zero-order valence-corrected chi connectivity index (χ0v) is 13.4. The number of hydrogen-bond donors (Lipinski definition) is 1. The summed E-state index contributed by atoms with van der Waals surface area (Å²) >= 11 is 0.